The average molecular weight is 187 g/mol. The smallest absolute Gasteiger partial charge is 0.0705 e. The van der Waals surface area contributed by atoms with Crippen LogP contribution in [0.15, 0.2) is 0 Å². The van der Waals surface area contributed by atoms with Crippen molar-refractivity contribution in [2.24, 2.45) is 5.92 Å². The molecule has 2 heteroatoms. The molecule has 80 valence electrons. The van der Waals surface area contributed by atoms with Gasteiger partial charge >= 0.3 is 0 Å². The van der Waals surface area contributed by atoms with Crippen LogP contribution in [-0.4, -0.2) is 12.6 Å². The lowest BCUT2D eigenvalue weighted by Crippen LogP contribution is -2.27. The van der Waals surface area contributed by atoms with Gasteiger partial charge in [0.2, 0.25) is 0 Å². The zero-order valence-corrected chi connectivity index (χ0v) is 9.60. The summed E-state index contributed by atoms with van der Waals surface area (Å²) >= 11 is 0. The van der Waals surface area contributed by atoms with Crippen LogP contribution in [0.3, 0.4) is 0 Å². The van der Waals surface area contributed by atoms with E-state index in [1.54, 1.807) is 0 Å². The van der Waals surface area contributed by atoms with Gasteiger partial charge in [-0.3, -0.25) is 0 Å². The highest BCUT2D eigenvalue weighted by atomic mass is 16.6. The zero-order chi connectivity index (χ0) is 10.1. The van der Waals surface area contributed by atoms with Gasteiger partial charge in [0.15, 0.2) is 0 Å². The lowest BCUT2D eigenvalue weighted by Gasteiger charge is -2.14. The van der Waals surface area contributed by atoms with E-state index in [-0.39, 0.29) is 0 Å². The molecule has 2 nitrogen and oxygen atoms in total. The van der Waals surface area contributed by atoms with E-state index in [9.17, 15) is 0 Å². The van der Waals surface area contributed by atoms with Crippen LogP contribution in [0.2, 0.25) is 0 Å². The standard InChI is InChI=1S/C11H25NO/c1-5-6-7-8-11(4)12-13-9-10(2)3/h10-12H,5-9H2,1-4H3. The van der Waals surface area contributed by atoms with E-state index in [4.69, 9.17) is 4.84 Å². The van der Waals surface area contributed by atoms with E-state index in [0.29, 0.717) is 12.0 Å². The second-order valence-corrected chi connectivity index (χ2v) is 4.22. The summed E-state index contributed by atoms with van der Waals surface area (Å²) in [6, 6.07) is 0.491. The van der Waals surface area contributed by atoms with Crippen molar-refractivity contribution in [2.45, 2.75) is 59.4 Å². The van der Waals surface area contributed by atoms with E-state index in [2.05, 4.69) is 33.2 Å². The van der Waals surface area contributed by atoms with Crippen molar-refractivity contribution in [1.82, 2.24) is 5.48 Å². The highest BCUT2D eigenvalue weighted by molar-refractivity contribution is 4.54. The van der Waals surface area contributed by atoms with Gasteiger partial charge in [0.1, 0.15) is 0 Å². The molecule has 0 fully saturated rings. The third-order valence-electron chi connectivity index (χ3n) is 1.94. The zero-order valence-electron chi connectivity index (χ0n) is 9.60. The molecule has 0 radical (unpaired) electrons. The highest BCUT2D eigenvalue weighted by Crippen LogP contribution is 2.02. The minimum absolute atomic E-state index is 0.491. The summed E-state index contributed by atoms with van der Waals surface area (Å²) in [5.41, 5.74) is 3.07. The summed E-state index contributed by atoms with van der Waals surface area (Å²) in [6.45, 7) is 9.52. The topological polar surface area (TPSA) is 21.3 Å². The number of nitrogens with one attached hydrogen (secondary N) is 1. The average Bonchev–Trinajstić information content (AvgIpc) is 2.04. The fraction of sp³-hybridized carbons (Fsp3) is 1.00. The summed E-state index contributed by atoms with van der Waals surface area (Å²) in [5.74, 6) is 0.607. The first kappa shape index (κ1) is 12.9. The van der Waals surface area contributed by atoms with Gasteiger partial charge in [-0.15, -0.1) is 0 Å². The molecule has 1 atom stereocenters. The van der Waals surface area contributed by atoms with Gasteiger partial charge in [0, 0.05) is 6.04 Å². The summed E-state index contributed by atoms with van der Waals surface area (Å²) in [6.07, 6.45) is 5.14. The Balaban J connectivity index is 3.15. The molecule has 0 rings (SSSR count). The Kier molecular flexibility index (Phi) is 8.46. The minimum Gasteiger partial charge on any atom is -0.301 e. The van der Waals surface area contributed by atoms with Crippen molar-refractivity contribution in [1.29, 1.82) is 0 Å². The Morgan fingerprint density at radius 1 is 1.15 bits per heavy atom. The van der Waals surface area contributed by atoms with Gasteiger partial charge in [-0.1, -0.05) is 40.0 Å². The molecule has 0 aliphatic heterocycles. The fourth-order valence-corrected chi connectivity index (χ4v) is 1.12. The van der Waals surface area contributed by atoms with Crippen LogP contribution < -0.4 is 5.48 Å². The molecule has 0 heterocycles. The summed E-state index contributed by atoms with van der Waals surface area (Å²) in [5, 5.41) is 0. The third-order valence-corrected chi connectivity index (χ3v) is 1.94. The lowest BCUT2D eigenvalue weighted by molar-refractivity contribution is 0.00256. The molecule has 0 amide bonds. The van der Waals surface area contributed by atoms with Crippen molar-refractivity contribution >= 4 is 0 Å². The maximum absolute atomic E-state index is 5.34. The van der Waals surface area contributed by atoms with E-state index in [1.165, 1.54) is 25.7 Å². The molecule has 0 aliphatic rings. The van der Waals surface area contributed by atoms with Crippen LogP contribution in [0, 0.1) is 5.92 Å². The van der Waals surface area contributed by atoms with Crippen molar-refractivity contribution in [3.63, 3.8) is 0 Å². The molecule has 0 saturated carbocycles. The van der Waals surface area contributed by atoms with Crippen LogP contribution >= 0.6 is 0 Å². The van der Waals surface area contributed by atoms with E-state index < -0.39 is 0 Å². The fourth-order valence-electron chi connectivity index (χ4n) is 1.12. The van der Waals surface area contributed by atoms with Gasteiger partial charge in [0.05, 0.1) is 6.61 Å². The van der Waals surface area contributed by atoms with Crippen LogP contribution in [0.5, 0.6) is 0 Å². The van der Waals surface area contributed by atoms with Crippen molar-refractivity contribution in [2.75, 3.05) is 6.61 Å². The van der Waals surface area contributed by atoms with Gasteiger partial charge < -0.3 is 4.84 Å². The summed E-state index contributed by atoms with van der Waals surface area (Å²) in [7, 11) is 0. The third kappa shape index (κ3) is 9.84. The predicted octanol–water partition coefficient (Wildman–Crippen LogP) is 3.13. The van der Waals surface area contributed by atoms with Crippen LogP contribution in [0.1, 0.15) is 53.4 Å². The number of rotatable bonds is 8. The normalized spacial score (nSPS) is 13.6. The van der Waals surface area contributed by atoms with Crippen molar-refractivity contribution in [3.8, 4) is 0 Å². The monoisotopic (exact) mass is 187 g/mol. The maximum atomic E-state index is 5.34. The van der Waals surface area contributed by atoms with Gasteiger partial charge in [-0.2, -0.15) is 5.48 Å². The molecule has 0 aromatic carbocycles. The first-order valence-corrected chi connectivity index (χ1v) is 5.54. The van der Waals surface area contributed by atoms with Gasteiger partial charge in [-0.25, -0.2) is 0 Å². The molecule has 0 aliphatic carbocycles. The first-order valence-electron chi connectivity index (χ1n) is 5.54. The Morgan fingerprint density at radius 3 is 2.38 bits per heavy atom. The molecular weight excluding hydrogens is 162 g/mol. The molecule has 1 unspecified atom stereocenters. The number of hydrogen-bond donors (Lipinski definition) is 1. The lowest BCUT2D eigenvalue weighted by atomic mass is 10.1. The Hall–Kier alpha value is -0.0800. The number of hydroxylamine groups is 1. The number of unbranched alkanes of at least 4 members (excludes halogenated alkanes) is 2. The summed E-state index contributed by atoms with van der Waals surface area (Å²) in [4.78, 5) is 5.34. The second-order valence-electron chi connectivity index (χ2n) is 4.22. The van der Waals surface area contributed by atoms with Crippen LogP contribution in [0.4, 0.5) is 0 Å². The maximum Gasteiger partial charge on any atom is 0.0705 e. The van der Waals surface area contributed by atoms with E-state index in [1.807, 2.05) is 0 Å². The highest BCUT2D eigenvalue weighted by Gasteiger charge is 2.01. The molecule has 0 saturated heterocycles. The second kappa shape index (κ2) is 8.52. The molecule has 0 aromatic rings. The molecule has 13 heavy (non-hydrogen) atoms. The molecule has 0 spiro atoms. The Bertz CT molecular complexity index is 104. The number of hydrogen-bond acceptors (Lipinski definition) is 2. The van der Waals surface area contributed by atoms with E-state index in [0.717, 1.165) is 6.61 Å². The molecule has 0 bridgehead atoms. The quantitative estimate of drug-likeness (QED) is 0.465. The SMILES string of the molecule is CCCCCC(C)NOCC(C)C. The Labute approximate surface area is 83.0 Å². The van der Waals surface area contributed by atoms with Gasteiger partial charge in [-0.05, 0) is 19.3 Å². The first-order chi connectivity index (χ1) is 6.16. The summed E-state index contributed by atoms with van der Waals surface area (Å²) < 4.78 is 0. The van der Waals surface area contributed by atoms with Crippen molar-refractivity contribution in [3.05, 3.63) is 0 Å². The molecular formula is C11H25NO. The molecule has 0 aromatic heterocycles. The van der Waals surface area contributed by atoms with Crippen LogP contribution in [0.25, 0.3) is 0 Å². The van der Waals surface area contributed by atoms with Gasteiger partial charge in [0.25, 0.3) is 0 Å². The minimum atomic E-state index is 0.491. The molecule has 1 N–H and O–H groups in total. The van der Waals surface area contributed by atoms with Crippen LogP contribution in [-0.2, 0) is 4.84 Å². The van der Waals surface area contributed by atoms with Crippen molar-refractivity contribution < 1.29 is 4.84 Å². The largest absolute Gasteiger partial charge is 0.301 e. The predicted molar refractivity (Wildman–Crippen MR) is 57.5 cm³/mol. The Morgan fingerprint density at radius 2 is 1.85 bits per heavy atom. The van der Waals surface area contributed by atoms with E-state index >= 15 is 0 Å².